The van der Waals surface area contributed by atoms with Crippen molar-refractivity contribution in [2.75, 3.05) is 0 Å². The third kappa shape index (κ3) is 3.94. The second-order valence-electron chi connectivity index (χ2n) is 9.95. The van der Waals surface area contributed by atoms with E-state index in [4.69, 9.17) is 20.4 Å². The molecule has 152 valence electrons. The maximum absolute atomic E-state index is 7.01. The highest BCUT2D eigenvalue weighted by Crippen LogP contribution is 2.40. The van der Waals surface area contributed by atoms with Gasteiger partial charge in [0.25, 0.3) is 0 Å². The molecule has 2 aliphatic heterocycles. The number of allylic oxidation sites excluding steroid dienone is 2. The maximum atomic E-state index is 7.01. The van der Waals surface area contributed by atoms with E-state index in [1.807, 2.05) is 0 Å². The standard InChI is InChI=1S/C21H33BClNO2Si2/c1-20(2)21(3,4)26-22(25-20)24-15-14-18(16-19(24)28(7,8)23)27(5,6)17-12-10-9-11-13-17/h9-16,19H,1-8H3. The Morgan fingerprint density at radius 3 is 2.00 bits per heavy atom. The number of hydrogen-bond acceptors (Lipinski definition) is 3. The molecule has 3 nitrogen and oxygen atoms in total. The van der Waals surface area contributed by atoms with Crippen LogP contribution in [0, 0.1) is 0 Å². The van der Waals surface area contributed by atoms with Crippen molar-refractivity contribution in [3.05, 3.63) is 53.9 Å². The van der Waals surface area contributed by atoms with Crippen molar-refractivity contribution >= 4 is 39.0 Å². The van der Waals surface area contributed by atoms with E-state index in [9.17, 15) is 0 Å². The predicted octanol–water partition coefficient (Wildman–Crippen LogP) is 4.84. The molecule has 28 heavy (non-hydrogen) atoms. The van der Waals surface area contributed by atoms with Crippen molar-refractivity contribution < 1.29 is 9.31 Å². The summed E-state index contributed by atoms with van der Waals surface area (Å²) in [6.07, 6.45) is 6.79. The van der Waals surface area contributed by atoms with Crippen LogP contribution in [-0.4, -0.2) is 44.4 Å². The second-order valence-corrected chi connectivity index (χ2v) is 21.0. The van der Waals surface area contributed by atoms with Crippen LogP contribution in [0.4, 0.5) is 0 Å². The minimum Gasteiger partial charge on any atom is -0.384 e. The summed E-state index contributed by atoms with van der Waals surface area (Å²) in [5, 5.41) is 2.85. The second kappa shape index (κ2) is 7.17. The van der Waals surface area contributed by atoms with Gasteiger partial charge in [-0.2, -0.15) is 11.1 Å². The Bertz CT molecular complexity index is 771. The highest BCUT2D eigenvalue weighted by Gasteiger charge is 2.56. The lowest BCUT2D eigenvalue weighted by molar-refractivity contribution is 0.00578. The SMILES string of the molecule is CC1(C)OB(N2C=CC([Si](C)(C)c3ccccc3)=CC2[Si](C)(C)Cl)OC1(C)C. The van der Waals surface area contributed by atoms with E-state index in [-0.39, 0.29) is 16.9 Å². The molecule has 2 aliphatic rings. The average molecular weight is 434 g/mol. The summed E-state index contributed by atoms with van der Waals surface area (Å²) in [5.74, 6) is 0. The third-order valence-electron chi connectivity index (χ3n) is 6.49. The summed E-state index contributed by atoms with van der Waals surface area (Å²) in [6.45, 7) is 17.6. The molecule has 0 aromatic heterocycles. The lowest BCUT2D eigenvalue weighted by Crippen LogP contribution is -2.56. The normalized spacial score (nSPS) is 24.5. The molecule has 3 rings (SSSR count). The van der Waals surface area contributed by atoms with E-state index in [0.717, 1.165) is 0 Å². The highest BCUT2D eigenvalue weighted by molar-refractivity contribution is 7.20. The van der Waals surface area contributed by atoms with Gasteiger partial charge in [-0.3, -0.25) is 0 Å². The van der Waals surface area contributed by atoms with Gasteiger partial charge in [0.1, 0.15) is 8.07 Å². The molecule has 1 aromatic rings. The van der Waals surface area contributed by atoms with Gasteiger partial charge in [0.05, 0.1) is 11.2 Å². The van der Waals surface area contributed by atoms with Crippen LogP contribution in [0.2, 0.25) is 26.2 Å². The zero-order chi connectivity index (χ0) is 21.0. The van der Waals surface area contributed by atoms with E-state index in [1.54, 1.807) is 0 Å². The quantitative estimate of drug-likeness (QED) is 0.501. The van der Waals surface area contributed by atoms with Gasteiger partial charge in [0.15, 0.2) is 7.38 Å². The first kappa shape index (κ1) is 21.9. The van der Waals surface area contributed by atoms with Crippen molar-refractivity contribution in [2.45, 2.75) is 70.8 Å². The van der Waals surface area contributed by atoms with Gasteiger partial charge in [-0.25, -0.2) is 0 Å². The van der Waals surface area contributed by atoms with Gasteiger partial charge in [-0.15, -0.1) is 0 Å². The number of nitrogens with zero attached hydrogens (tertiary/aromatic N) is 1. The van der Waals surface area contributed by atoms with Gasteiger partial charge in [0, 0.05) is 5.67 Å². The van der Waals surface area contributed by atoms with Crippen LogP contribution in [0.5, 0.6) is 0 Å². The van der Waals surface area contributed by atoms with E-state index in [2.05, 4.69) is 107 Å². The van der Waals surface area contributed by atoms with Gasteiger partial charge < -0.3 is 14.1 Å². The monoisotopic (exact) mass is 433 g/mol. The molecule has 0 aliphatic carbocycles. The van der Waals surface area contributed by atoms with Crippen LogP contribution in [-0.2, 0) is 9.31 Å². The molecule has 1 atom stereocenters. The maximum Gasteiger partial charge on any atom is 0.594 e. The van der Waals surface area contributed by atoms with Gasteiger partial charge in [-0.05, 0) is 40.0 Å². The molecule has 1 unspecified atom stereocenters. The Morgan fingerprint density at radius 1 is 0.964 bits per heavy atom. The zero-order valence-corrected chi connectivity index (χ0v) is 21.2. The third-order valence-corrected chi connectivity index (χ3v) is 12.6. The minimum atomic E-state index is -2.07. The minimum absolute atomic E-state index is 0.111. The highest BCUT2D eigenvalue weighted by atomic mass is 35.6. The molecular weight excluding hydrogens is 401 g/mol. The molecule has 1 saturated heterocycles. The van der Waals surface area contributed by atoms with Crippen molar-refractivity contribution in [3.8, 4) is 0 Å². The molecule has 0 amide bonds. The first-order valence-corrected chi connectivity index (χ1v) is 17.1. The van der Waals surface area contributed by atoms with Crippen molar-refractivity contribution in [3.63, 3.8) is 0 Å². The van der Waals surface area contributed by atoms with Crippen molar-refractivity contribution in [1.82, 2.24) is 4.81 Å². The predicted molar refractivity (Wildman–Crippen MR) is 126 cm³/mol. The summed E-state index contributed by atoms with van der Waals surface area (Å²) in [5.41, 5.74) is -0.619. The van der Waals surface area contributed by atoms with E-state index >= 15 is 0 Å². The fourth-order valence-corrected chi connectivity index (χ4v) is 8.31. The first-order chi connectivity index (χ1) is 12.8. The summed E-state index contributed by atoms with van der Waals surface area (Å²) >= 11 is 7.01. The molecule has 0 spiro atoms. The summed E-state index contributed by atoms with van der Waals surface area (Å²) in [6, 6.07) is 10.8. The van der Waals surface area contributed by atoms with Crippen LogP contribution < -0.4 is 5.19 Å². The Balaban J connectivity index is 1.95. The average Bonchev–Trinajstić information content (AvgIpc) is 2.82. The van der Waals surface area contributed by atoms with E-state index < -0.39 is 22.7 Å². The van der Waals surface area contributed by atoms with Gasteiger partial charge in [-0.1, -0.05) is 73.0 Å². The topological polar surface area (TPSA) is 21.7 Å². The number of benzene rings is 1. The Labute approximate surface area is 177 Å². The number of rotatable bonds is 4. The Kier molecular flexibility index (Phi) is 5.61. The molecule has 0 saturated carbocycles. The van der Waals surface area contributed by atoms with Gasteiger partial charge >= 0.3 is 7.25 Å². The molecule has 1 fully saturated rings. The van der Waals surface area contributed by atoms with Crippen LogP contribution >= 0.6 is 11.1 Å². The van der Waals surface area contributed by atoms with Crippen LogP contribution in [0.25, 0.3) is 0 Å². The molecule has 0 bridgehead atoms. The van der Waals surface area contributed by atoms with Gasteiger partial charge in [0.2, 0.25) is 0 Å². The molecule has 1 aromatic carbocycles. The van der Waals surface area contributed by atoms with Crippen molar-refractivity contribution in [1.29, 1.82) is 0 Å². The first-order valence-electron chi connectivity index (χ1n) is 10.0. The zero-order valence-electron chi connectivity index (χ0n) is 18.4. The molecular formula is C21H33BClNO2Si2. The number of hydrogen-bond donors (Lipinski definition) is 0. The smallest absolute Gasteiger partial charge is 0.384 e. The molecule has 7 heteroatoms. The van der Waals surface area contributed by atoms with Crippen LogP contribution in [0.3, 0.4) is 0 Å². The molecule has 0 N–H and O–H groups in total. The van der Waals surface area contributed by atoms with Crippen LogP contribution in [0.15, 0.2) is 53.9 Å². The Morgan fingerprint density at radius 2 is 1.50 bits per heavy atom. The molecule has 2 heterocycles. The Hall–Kier alpha value is -0.791. The lowest BCUT2D eigenvalue weighted by Gasteiger charge is -2.40. The summed E-state index contributed by atoms with van der Waals surface area (Å²) in [4.78, 5) is 2.19. The van der Waals surface area contributed by atoms with E-state index in [0.29, 0.717) is 0 Å². The van der Waals surface area contributed by atoms with Crippen molar-refractivity contribution in [2.24, 2.45) is 0 Å². The molecule has 0 radical (unpaired) electrons. The number of halogens is 1. The summed E-state index contributed by atoms with van der Waals surface area (Å²) < 4.78 is 12.7. The van der Waals surface area contributed by atoms with Crippen LogP contribution in [0.1, 0.15) is 27.7 Å². The lowest BCUT2D eigenvalue weighted by atomic mass is 9.90. The summed E-state index contributed by atoms with van der Waals surface area (Å²) in [7, 11) is -4.28. The fourth-order valence-electron chi connectivity index (χ4n) is 3.70. The largest absolute Gasteiger partial charge is 0.594 e. The van der Waals surface area contributed by atoms with E-state index in [1.165, 1.54) is 10.4 Å². The fraction of sp³-hybridized carbons (Fsp3) is 0.524.